The van der Waals surface area contributed by atoms with Crippen LogP contribution in [0.4, 0.5) is 5.69 Å². The molecule has 0 aliphatic rings. The number of amides is 2. The molecule has 0 bridgehead atoms. The van der Waals surface area contributed by atoms with Crippen molar-refractivity contribution in [3.05, 3.63) is 118 Å². The first-order chi connectivity index (χ1) is 18.3. The van der Waals surface area contributed by atoms with Crippen LogP contribution in [0.25, 0.3) is 17.4 Å². The third-order valence-electron chi connectivity index (χ3n) is 5.44. The SMILES string of the molecule is CN(C)c1ccc(C=C(NC(=O)c2ccccc2)C(=O)NN=Cc2ccc(-c3ccc(Cl)c(Cl)c3)o2)cc1. The van der Waals surface area contributed by atoms with Gasteiger partial charge in [0.1, 0.15) is 17.2 Å². The zero-order valence-electron chi connectivity index (χ0n) is 20.6. The predicted octanol–water partition coefficient (Wildman–Crippen LogP) is 6.24. The molecule has 0 aliphatic carbocycles. The average molecular weight is 547 g/mol. The molecule has 1 aromatic heterocycles. The molecule has 0 spiro atoms. The maximum atomic E-state index is 13.0. The summed E-state index contributed by atoms with van der Waals surface area (Å²) in [4.78, 5) is 27.7. The Morgan fingerprint density at radius 3 is 2.32 bits per heavy atom. The van der Waals surface area contributed by atoms with Gasteiger partial charge in [0.15, 0.2) is 0 Å². The van der Waals surface area contributed by atoms with Gasteiger partial charge in [0.2, 0.25) is 0 Å². The second-order valence-corrected chi connectivity index (χ2v) is 9.21. The zero-order valence-corrected chi connectivity index (χ0v) is 22.1. The lowest BCUT2D eigenvalue weighted by atomic mass is 10.1. The fraction of sp³-hybridized carbons (Fsp3) is 0.0690. The second kappa shape index (κ2) is 12.3. The first-order valence-electron chi connectivity index (χ1n) is 11.5. The second-order valence-electron chi connectivity index (χ2n) is 8.39. The third-order valence-corrected chi connectivity index (χ3v) is 6.18. The molecule has 0 aliphatic heterocycles. The monoisotopic (exact) mass is 546 g/mol. The summed E-state index contributed by atoms with van der Waals surface area (Å²) < 4.78 is 5.76. The summed E-state index contributed by atoms with van der Waals surface area (Å²) in [6, 6.07) is 24.8. The van der Waals surface area contributed by atoms with Crippen LogP contribution >= 0.6 is 23.2 Å². The van der Waals surface area contributed by atoms with Crippen LogP contribution in [0, 0.1) is 0 Å². The number of carbonyl (C=O) groups excluding carboxylic acids is 2. The molecule has 0 saturated carbocycles. The maximum absolute atomic E-state index is 13.0. The van der Waals surface area contributed by atoms with Crippen LogP contribution in [0.15, 0.2) is 100 Å². The fourth-order valence-corrected chi connectivity index (χ4v) is 3.72. The first-order valence-corrected chi connectivity index (χ1v) is 12.3. The van der Waals surface area contributed by atoms with Crippen LogP contribution in [0.3, 0.4) is 0 Å². The quantitative estimate of drug-likeness (QED) is 0.155. The number of halogens is 2. The Hall–Kier alpha value is -4.33. The maximum Gasteiger partial charge on any atom is 0.287 e. The average Bonchev–Trinajstić information content (AvgIpc) is 3.39. The molecule has 7 nitrogen and oxygen atoms in total. The largest absolute Gasteiger partial charge is 0.455 e. The van der Waals surface area contributed by atoms with Gasteiger partial charge in [0.25, 0.3) is 11.8 Å². The molecule has 4 aromatic rings. The summed E-state index contributed by atoms with van der Waals surface area (Å²) in [6.07, 6.45) is 2.95. The van der Waals surface area contributed by atoms with Gasteiger partial charge in [-0.15, -0.1) is 0 Å². The van der Waals surface area contributed by atoms with Crippen LogP contribution in [0.1, 0.15) is 21.7 Å². The predicted molar refractivity (Wildman–Crippen MR) is 153 cm³/mol. The molecule has 4 rings (SSSR count). The number of furan rings is 1. The molecule has 0 atom stereocenters. The molecule has 0 unspecified atom stereocenters. The normalized spacial score (nSPS) is 11.4. The van der Waals surface area contributed by atoms with Gasteiger partial charge in [-0.05, 0) is 66.2 Å². The van der Waals surface area contributed by atoms with Gasteiger partial charge in [0, 0.05) is 30.9 Å². The van der Waals surface area contributed by atoms with E-state index < -0.39 is 11.8 Å². The van der Waals surface area contributed by atoms with Crippen molar-refractivity contribution in [3.8, 4) is 11.3 Å². The number of hydrogen-bond donors (Lipinski definition) is 2. The summed E-state index contributed by atoms with van der Waals surface area (Å²) in [5.41, 5.74) is 5.38. The molecule has 3 aromatic carbocycles. The highest BCUT2D eigenvalue weighted by Crippen LogP contribution is 2.29. The highest BCUT2D eigenvalue weighted by Gasteiger charge is 2.14. The van der Waals surface area contributed by atoms with Gasteiger partial charge in [-0.3, -0.25) is 9.59 Å². The fourth-order valence-electron chi connectivity index (χ4n) is 3.42. The minimum atomic E-state index is -0.599. The molecule has 38 heavy (non-hydrogen) atoms. The van der Waals surface area contributed by atoms with Crippen molar-refractivity contribution in [2.75, 3.05) is 19.0 Å². The van der Waals surface area contributed by atoms with Crippen molar-refractivity contribution in [2.45, 2.75) is 0 Å². The summed E-state index contributed by atoms with van der Waals surface area (Å²) in [7, 11) is 3.88. The molecule has 2 amide bonds. The Morgan fingerprint density at radius 2 is 1.63 bits per heavy atom. The molecular weight excluding hydrogens is 523 g/mol. The van der Waals surface area contributed by atoms with E-state index in [0.717, 1.165) is 16.8 Å². The lowest BCUT2D eigenvalue weighted by Gasteiger charge is -2.12. The Morgan fingerprint density at radius 1 is 0.895 bits per heavy atom. The van der Waals surface area contributed by atoms with Gasteiger partial charge in [-0.25, -0.2) is 5.43 Å². The highest BCUT2D eigenvalue weighted by atomic mass is 35.5. The smallest absolute Gasteiger partial charge is 0.287 e. The molecule has 0 radical (unpaired) electrons. The van der Waals surface area contributed by atoms with Crippen molar-refractivity contribution in [2.24, 2.45) is 5.10 Å². The van der Waals surface area contributed by atoms with Crippen molar-refractivity contribution in [3.63, 3.8) is 0 Å². The number of benzene rings is 3. The Bertz CT molecular complexity index is 1490. The minimum Gasteiger partial charge on any atom is -0.455 e. The van der Waals surface area contributed by atoms with E-state index in [2.05, 4.69) is 15.8 Å². The number of rotatable bonds is 8. The van der Waals surface area contributed by atoms with Crippen LogP contribution in [-0.4, -0.2) is 32.1 Å². The third kappa shape index (κ3) is 6.91. The van der Waals surface area contributed by atoms with Crippen LogP contribution in [0.5, 0.6) is 0 Å². The molecule has 0 saturated heterocycles. The Labute approximate surface area is 230 Å². The first kappa shape index (κ1) is 26.7. The highest BCUT2D eigenvalue weighted by molar-refractivity contribution is 6.42. The number of anilines is 1. The van der Waals surface area contributed by atoms with Crippen LogP contribution in [0.2, 0.25) is 10.0 Å². The van der Waals surface area contributed by atoms with Gasteiger partial charge >= 0.3 is 0 Å². The Kier molecular flexibility index (Phi) is 8.63. The standard InChI is InChI=1S/C29H24Cl2N4O3/c1-35(2)22-11-8-19(9-12-22)16-26(33-28(36)20-6-4-3-5-7-20)29(37)34-32-18-23-13-15-27(38-23)21-10-14-24(30)25(31)17-21/h3-18H,1-2H3,(H,33,36)(H,34,37). The van der Waals surface area contributed by atoms with E-state index in [0.29, 0.717) is 27.1 Å². The van der Waals surface area contributed by atoms with Crippen molar-refractivity contribution in [1.29, 1.82) is 0 Å². The molecule has 192 valence electrons. The molecule has 0 fully saturated rings. The van der Waals surface area contributed by atoms with Crippen molar-refractivity contribution < 1.29 is 14.0 Å². The molecule has 1 heterocycles. The van der Waals surface area contributed by atoms with Gasteiger partial charge in [-0.2, -0.15) is 5.10 Å². The lowest BCUT2D eigenvalue weighted by molar-refractivity contribution is -0.117. The van der Waals surface area contributed by atoms with Gasteiger partial charge in [-0.1, -0.05) is 53.5 Å². The molecular formula is C29H24Cl2N4O3. The van der Waals surface area contributed by atoms with E-state index in [1.807, 2.05) is 49.3 Å². The number of nitrogens with zero attached hydrogens (tertiary/aromatic N) is 2. The summed E-state index contributed by atoms with van der Waals surface area (Å²) in [5, 5.41) is 7.54. The van der Waals surface area contributed by atoms with E-state index in [9.17, 15) is 9.59 Å². The number of carbonyl (C=O) groups is 2. The topological polar surface area (TPSA) is 86.9 Å². The van der Waals surface area contributed by atoms with Crippen LogP contribution < -0.4 is 15.6 Å². The number of hydrazone groups is 1. The van der Waals surface area contributed by atoms with Crippen molar-refractivity contribution >= 4 is 53.0 Å². The zero-order chi connectivity index (χ0) is 27.1. The number of nitrogens with one attached hydrogen (secondary N) is 2. The summed E-state index contributed by atoms with van der Waals surface area (Å²) in [5.74, 6) is -0.0469. The Balaban J connectivity index is 1.50. The molecule has 2 N–H and O–H groups in total. The lowest BCUT2D eigenvalue weighted by Crippen LogP contribution is -2.32. The van der Waals surface area contributed by atoms with Crippen LogP contribution in [-0.2, 0) is 4.79 Å². The van der Waals surface area contributed by atoms with Crippen molar-refractivity contribution in [1.82, 2.24) is 10.7 Å². The number of hydrogen-bond acceptors (Lipinski definition) is 5. The molecule has 9 heteroatoms. The van der Waals surface area contributed by atoms with E-state index in [4.69, 9.17) is 27.6 Å². The minimum absolute atomic E-state index is 0.0320. The summed E-state index contributed by atoms with van der Waals surface area (Å²) >= 11 is 12.1. The summed E-state index contributed by atoms with van der Waals surface area (Å²) in [6.45, 7) is 0. The van der Waals surface area contributed by atoms with E-state index in [-0.39, 0.29) is 5.70 Å². The van der Waals surface area contributed by atoms with E-state index >= 15 is 0 Å². The van der Waals surface area contributed by atoms with Gasteiger partial charge in [0.05, 0.1) is 16.3 Å². The van der Waals surface area contributed by atoms with E-state index in [1.54, 1.807) is 60.7 Å². The van der Waals surface area contributed by atoms with Gasteiger partial charge < -0.3 is 14.6 Å². The van der Waals surface area contributed by atoms with E-state index in [1.165, 1.54) is 6.21 Å².